The van der Waals surface area contributed by atoms with Crippen LogP contribution < -0.4 is 5.32 Å². The number of carbonyl (C=O) groups excluding carboxylic acids is 2. The number of aromatic nitrogens is 1. The zero-order valence-electron chi connectivity index (χ0n) is 21.4. The molecule has 0 spiro atoms. The number of benzene rings is 1. The Hall–Kier alpha value is -3.36. The normalized spacial score (nSPS) is 19.0. The summed E-state index contributed by atoms with van der Waals surface area (Å²) in [5.41, 5.74) is 5.94. The third-order valence-electron chi connectivity index (χ3n) is 7.15. The standard InChI is InChI=1S/C29H31FN4O2S/c1-18-26(31-19(2)27(18)29(36)34-13-11-33(3)12-14-34)16-23-22-15-21(9-10-25(22)32-28(23)35)37-17-20-7-5-4-6-8-24(20)30/h4-6,8-10,15-16,31H,7,11-14,17H2,1-3H3,(H,32,35)/b23-16-. The molecule has 0 radical (unpaired) electrons. The van der Waals surface area contributed by atoms with E-state index in [1.165, 1.54) is 6.08 Å². The Morgan fingerprint density at radius 3 is 2.73 bits per heavy atom. The number of nitrogens with one attached hydrogen (secondary N) is 2. The van der Waals surface area contributed by atoms with Crippen molar-refractivity contribution in [2.24, 2.45) is 0 Å². The molecule has 0 unspecified atom stereocenters. The maximum Gasteiger partial charge on any atom is 0.256 e. The minimum atomic E-state index is -0.185. The monoisotopic (exact) mass is 518 g/mol. The van der Waals surface area contributed by atoms with Gasteiger partial charge in [0.1, 0.15) is 5.83 Å². The van der Waals surface area contributed by atoms with Gasteiger partial charge in [-0.3, -0.25) is 9.59 Å². The van der Waals surface area contributed by atoms with Crippen molar-refractivity contribution in [2.45, 2.75) is 25.2 Å². The highest BCUT2D eigenvalue weighted by molar-refractivity contribution is 7.99. The molecule has 5 rings (SSSR count). The molecular weight excluding hydrogens is 487 g/mol. The number of aryl methyl sites for hydroxylation is 1. The van der Waals surface area contributed by atoms with E-state index in [-0.39, 0.29) is 17.6 Å². The SMILES string of the molecule is Cc1[nH]c(/C=C2\C(=O)Nc3ccc(SCC4=C(F)C=CC=CC4)cc32)c(C)c1C(=O)N1CCN(C)CC1. The molecule has 1 aromatic carbocycles. The summed E-state index contributed by atoms with van der Waals surface area (Å²) in [5, 5.41) is 2.94. The average Bonchev–Trinajstić information content (AvgIpc) is 3.24. The molecule has 2 aromatic rings. The number of halogens is 1. The molecule has 37 heavy (non-hydrogen) atoms. The molecule has 1 aliphatic carbocycles. The van der Waals surface area contributed by atoms with Crippen LogP contribution in [-0.2, 0) is 4.79 Å². The fourth-order valence-electron chi connectivity index (χ4n) is 4.89. The number of likely N-dealkylation sites (N-methyl/N-ethyl adjacent to an activating group) is 1. The molecule has 2 amide bonds. The minimum Gasteiger partial charge on any atom is -0.358 e. The van der Waals surface area contributed by atoms with Crippen molar-refractivity contribution in [3.8, 4) is 0 Å². The van der Waals surface area contributed by atoms with Crippen LogP contribution in [0.5, 0.6) is 0 Å². The summed E-state index contributed by atoms with van der Waals surface area (Å²) in [6.07, 6.45) is 9.44. The van der Waals surface area contributed by atoms with Crippen LogP contribution in [0.3, 0.4) is 0 Å². The van der Waals surface area contributed by atoms with Crippen molar-refractivity contribution in [1.82, 2.24) is 14.8 Å². The molecule has 8 heteroatoms. The van der Waals surface area contributed by atoms with Gasteiger partial charge < -0.3 is 20.1 Å². The number of thioether (sulfide) groups is 1. The van der Waals surface area contributed by atoms with Crippen LogP contribution in [0.4, 0.5) is 10.1 Å². The number of piperazine rings is 1. The molecule has 6 nitrogen and oxygen atoms in total. The van der Waals surface area contributed by atoms with Crippen LogP contribution in [0.25, 0.3) is 11.6 Å². The molecule has 1 aromatic heterocycles. The second kappa shape index (κ2) is 10.6. The van der Waals surface area contributed by atoms with Gasteiger partial charge in [-0.15, -0.1) is 11.8 Å². The van der Waals surface area contributed by atoms with E-state index in [4.69, 9.17) is 0 Å². The number of nitrogens with zero attached hydrogens (tertiary/aromatic N) is 2. The van der Waals surface area contributed by atoms with Gasteiger partial charge in [0.25, 0.3) is 11.8 Å². The molecule has 2 aliphatic heterocycles. The number of hydrogen-bond acceptors (Lipinski definition) is 4. The summed E-state index contributed by atoms with van der Waals surface area (Å²) in [5.74, 6) is 0.203. The lowest BCUT2D eigenvalue weighted by Gasteiger charge is -2.32. The second-order valence-electron chi connectivity index (χ2n) is 9.71. The van der Waals surface area contributed by atoms with Gasteiger partial charge in [0, 0.05) is 59.5 Å². The highest BCUT2D eigenvalue weighted by atomic mass is 32.2. The molecule has 3 heterocycles. The van der Waals surface area contributed by atoms with E-state index in [2.05, 4.69) is 22.2 Å². The molecule has 2 N–H and O–H groups in total. The topological polar surface area (TPSA) is 68.4 Å². The van der Waals surface area contributed by atoms with Gasteiger partial charge in [-0.2, -0.15) is 0 Å². The van der Waals surface area contributed by atoms with Gasteiger partial charge >= 0.3 is 0 Å². The number of H-pyrrole nitrogens is 1. The predicted octanol–water partition coefficient (Wildman–Crippen LogP) is 5.34. The van der Waals surface area contributed by atoms with Crippen LogP contribution in [0.2, 0.25) is 0 Å². The van der Waals surface area contributed by atoms with E-state index in [0.29, 0.717) is 36.4 Å². The Labute approximate surface area is 221 Å². The first-order chi connectivity index (χ1) is 17.8. The van der Waals surface area contributed by atoms with Crippen LogP contribution in [0.1, 0.15) is 39.3 Å². The number of hydrogen-bond donors (Lipinski definition) is 2. The Morgan fingerprint density at radius 2 is 1.95 bits per heavy atom. The number of aromatic amines is 1. The smallest absolute Gasteiger partial charge is 0.256 e. The fraction of sp³-hybridized carbons (Fsp3) is 0.310. The summed E-state index contributed by atoms with van der Waals surface area (Å²) in [7, 11) is 2.06. The summed E-state index contributed by atoms with van der Waals surface area (Å²) >= 11 is 1.55. The summed E-state index contributed by atoms with van der Waals surface area (Å²) < 4.78 is 14.3. The summed E-state index contributed by atoms with van der Waals surface area (Å²) in [4.78, 5) is 34.6. The molecule has 192 valence electrons. The lowest BCUT2D eigenvalue weighted by molar-refractivity contribution is -0.110. The highest BCUT2D eigenvalue weighted by Gasteiger charge is 2.28. The van der Waals surface area contributed by atoms with Crippen LogP contribution in [0, 0.1) is 13.8 Å². The van der Waals surface area contributed by atoms with Crippen LogP contribution in [0.15, 0.2) is 58.8 Å². The molecule has 0 saturated carbocycles. The molecule has 0 bridgehead atoms. The van der Waals surface area contributed by atoms with E-state index in [1.807, 2.05) is 55.2 Å². The van der Waals surface area contributed by atoms with Gasteiger partial charge in [0.15, 0.2) is 0 Å². The first-order valence-corrected chi connectivity index (χ1v) is 13.5. The van der Waals surface area contributed by atoms with Crippen molar-refractivity contribution in [1.29, 1.82) is 0 Å². The van der Waals surface area contributed by atoms with Gasteiger partial charge in [0.05, 0.1) is 11.1 Å². The van der Waals surface area contributed by atoms with E-state index >= 15 is 0 Å². The van der Waals surface area contributed by atoms with Crippen molar-refractivity contribution in [2.75, 3.05) is 44.3 Å². The summed E-state index contributed by atoms with van der Waals surface area (Å²) in [6.45, 7) is 6.97. The Bertz CT molecular complexity index is 1380. The van der Waals surface area contributed by atoms with Crippen molar-refractivity contribution in [3.63, 3.8) is 0 Å². The number of rotatable bonds is 5. The Morgan fingerprint density at radius 1 is 1.16 bits per heavy atom. The largest absolute Gasteiger partial charge is 0.358 e. The number of fused-ring (bicyclic) bond motifs is 1. The van der Waals surface area contributed by atoms with Crippen LogP contribution >= 0.6 is 11.8 Å². The second-order valence-corrected chi connectivity index (χ2v) is 10.8. The molecule has 0 atom stereocenters. The lowest BCUT2D eigenvalue weighted by Crippen LogP contribution is -2.47. The van der Waals surface area contributed by atoms with Gasteiger partial charge in [0.2, 0.25) is 0 Å². The van der Waals surface area contributed by atoms with E-state index in [9.17, 15) is 14.0 Å². The highest BCUT2D eigenvalue weighted by Crippen LogP contribution is 2.37. The zero-order valence-corrected chi connectivity index (χ0v) is 22.2. The van der Waals surface area contributed by atoms with E-state index < -0.39 is 0 Å². The third-order valence-corrected chi connectivity index (χ3v) is 8.23. The number of carbonyl (C=O) groups is 2. The summed E-state index contributed by atoms with van der Waals surface area (Å²) in [6, 6.07) is 5.82. The van der Waals surface area contributed by atoms with Crippen molar-refractivity contribution >= 4 is 40.9 Å². The van der Waals surface area contributed by atoms with Crippen molar-refractivity contribution < 1.29 is 14.0 Å². The fourth-order valence-corrected chi connectivity index (χ4v) is 5.86. The number of amides is 2. The molecule has 3 aliphatic rings. The average molecular weight is 519 g/mol. The number of allylic oxidation sites excluding steroid dienone is 5. The Balaban J connectivity index is 1.40. The van der Waals surface area contributed by atoms with Crippen molar-refractivity contribution in [3.05, 3.63) is 82.0 Å². The molecular formula is C29H31FN4O2S. The maximum absolute atomic E-state index is 14.3. The quantitative estimate of drug-likeness (QED) is 0.414. The van der Waals surface area contributed by atoms with Gasteiger partial charge in [-0.1, -0.05) is 18.2 Å². The zero-order chi connectivity index (χ0) is 26.1. The first-order valence-electron chi connectivity index (χ1n) is 12.5. The minimum absolute atomic E-state index is 0.0312. The van der Waals surface area contributed by atoms with Gasteiger partial charge in [-0.25, -0.2) is 4.39 Å². The van der Waals surface area contributed by atoms with E-state index in [1.54, 1.807) is 17.8 Å². The predicted molar refractivity (Wildman–Crippen MR) is 148 cm³/mol. The first kappa shape index (κ1) is 25.3. The van der Waals surface area contributed by atoms with Gasteiger partial charge in [-0.05, 0) is 68.8 Å². The maximum atomic E-state index is 14.3. The van der Waals surface area contributed by atoms with E-state index in [0.717, 1.165) is 51.8 Å². The third kappa shape index (κ3) is 5.22. The molecule has 1 fully saturated rings. The van der Waals surface area contributed by atoms with Crippen LogP contribution in [-0.4, -0.2) is 65.6 Å². The molecule has 1 saturated heterocycles. The lowest BCUT2D eigenvalue weighted by atomic mass is 10.0. The number of anilines is 1. The Kier molecular flexibility index (Phi) is 7.22.